The normalized spacial score (nSPS) is 15.8. The molecule has 1 saturated carbocycles. The van der Waals surface area contributed by atoms with Gasteiger partial charge in [0.2, 0.25) is 5.91 Å². The van der Waals surface area contributed by atoms with Gasteiger partial charge in [-0.2, -0.15) is 0 Å². The minimum atomic E-state index is -0.972. The van der Waals surface area contributed by atoms with Crippen molar-refractivity contribution >= 4 is 17.7 Å². The van der Waals surface area contributed by atoms with Crippen molar-refractivity contribution in [3.63, 3.8) is 0 Å². The Morgan fingerprint density at radius 3 is 2.68 bits per heavy atom. The molecular weight excluding hydrogens is 468 g/mol. The first-order chi connectivity index (χ1) is 18.1. The average Bonchev–Trinajstić information content (AvgIpc) is 2.87. The first-order valence-corrected chi connectivity index (χ1v) is 13.7. The second-order valence-electron chi connectivity index (χ2n) is 10.1. The van der Waals surface area contributed by atoms with Gasteiger partial charge in [-0.25, -0.2) is 9.78 Å². The molecule has 2 heterocycles. The van der Waals surface area contributed by atoms with Crippen molar-refractivity contribution in [1.82, 2.24) is 15.2 Å². The Bertz CT molecular complexity index is 1010. The quantitative estimate of drug-likeness (QED) is 0.314. The van der Waals surface area contributed by atoms with E-state index in [0.717, 1.165) is 81.7 Å². The summed E-state index contributed by atoms with van der Waals surface area (Å²) in [5.74, 6) is 0.743. The highest BCUT2D eigenvalue weighted by molar-refractivity contribution is 5.85. The lowest BCUT2D eigenvalue weighted by Gasteiger charge is -2.28. The molecule has 2 aromatic rings. The molecule has 1 fully saturated rings. The largest absolute Gasteiger partial charge is 0.492 e. The number of aryl methyl sites for hydroxylation is 2. The Kier molecular flexibility index (Phi) is 10.2. The molecule has 1 amide bonds. The van der Waals surface area contributed by atoms with Gasteiger partial charge < -0.3 is 20.5 Å². The predicted octanol–water partition coefficient (Wildman–Crippen LogP) is 3.90. The van der Waals surface area contributed by atoms with Gasteiger partial charge in [0.1, 0.15) is 24.2 Å². The van der Waals surface area contributed by atoms with E-state index in [2.05, 4.69) is 27.7 Å². The second-order valence-corrected chi connectivity index (χ2v) is 10.1. The third kappa shape index (κ3) is 8.45. The Morgan fingerprint density at radius 1 is 1.08 bits per heavy atom. The van der Waals surface area contributed by atoms with Crippen LogP contribution in [0.4, 0.5) is 5.82 Å². The summed E-state index contributed by atoms with van der Waals surface area (Å²) < 4.78 is 5.89. The van der Waals surface area contributed by atoms with E-state index in [1.807, 2.05) is 30.3 Å². The molecule has 0 bridgehead atoms. The summed E-state index contributed by atoms with van der Waals surface area (Å²) in [6.45, 7) is 3.63. The maximum absolute atomic E-state index is 12.3. The summed E-state index contributed by atoms with van der Waals surface area (Å²) in [6, 6.07) is 13.2. The number of carboxylic acids is 1. The maximum atomic E-state index is 12.3. The number of aromatic nitrogens is 1. The summed E-state index contributed by atoms with van der Waals surface area (Å²) >= 11 is 0. The Hall–Kier alpha value is -3.13. The highest BCUT2D eigenvalue weighted by atomic mass is 16.5. The molecule has 1 aromatic heterocycles. The number of para-hydroxylation sites is 1. The summed E-state index contributed by atoms with van der Waals surface area (Å²) in [7, 11) is 0. The number of rotatable bonds is 15. The number of anilines is 1. The van der Waals surface area contributed by atoms with Crippen LogP contribution in [0.2, 0.25) is 0 Å². The van der Waals surface area contributed by atoms with Gasteiger partial charge in [-0.15, -0.1) is 0 Å². The third-order valence-electron chi connectivity index (χ3n) is 7.35. The van der Waals surface area contributed by atoms with E-state index >= 15 is 0 Å². The number of carbonyl (C=O) groups is 2. The van der Waals surface area contributed by atoms with Crippen molar-refractivity contribution in [2.24, 2.45) is 5.92 Å². The molecule has 37 heavy (non-hydrogen) atoms. The van der Waals surface area contributed by atoms with Crippen molar-refractivity contribution in [1.29, 1.82) is 0 Å². The van der Waals surface area contributed by atoms with Crippen molar-refractivity contribution in [2.45, 2.75) is 63.8 Å². The lowest BCUT2D eigenvalue weighted by Crippen LogP contribution is -2.46. The predicted molar refractivity (Wildman–Crippen MR) is 144 cm³/mol. The lowest BCUT2D eigenvalue weighted by molar-refractivity contribution is -0.143. The summed E-state index contributed by atoms with van der Waals surface area (Å²) in [5, 5.41) is 15.8. The zero-order chi connectivity index (χ0) is 25.9. The van der Waals surface area contributed by atoms with Crippen LogP contribution in [0, 0.1) is 5.92 Å². The van der Waals surface area contributed by atoms with E-state index in [1.54, 1.807) is 0 Å². The zero-order valence-electron chi connectivity index (χ0n) is 21.7. The number of aliphatic carboxylic acids is 1. The van der Waals surface area contributed by atoms with Gasteiger partial charge in [0.25, 0.3) is 0 Å². The number of amides is 1. The van der Waals surface area contributed by atoms with E-state index in [4.69, 9.17) is 9.72 Å². The fraction of sp³-hybridized carbons (Fsp3) is 0.552. The minimum absolute atomic E-state index is 0.0235. The third-order valence-corrected chi connectivity index (χ3v) is 7.35. The van der Waals surface area contributed by atoms with E-state index in [-0.39, 0.29) is 11.8 Å². The molecule has 0 spiro atoms. The van der Waals surface area contributed by atoms with Gasteiger partial charge in [-0.05, 0) is 81.7 Å². The van der Waals surface area contributed by atoms with Crippen LogP contribution in [-0.2, 0) is 22.4 Å². The molecule has 1 aliphatic heterocycles. The van der Waals surface area contributed by atoms with Crippen LogP contribution in [-0.4, -0.2) is 65.7 Å². The van der Waals surface area contributed by atoms with E-state index in [0.29, 0.717) is 26.1 Å². The van der Waals surface area contributed by atoms with Crippen molar-refractivity contribution in [3.05, 3.63) is 53.7 Å². The number of unbranched alkanes of at least 4 members (excludes halogenated alkanes) is 1. The molecule has 1 atom stereocenters. The number of hydrogen-bond donors (Lipinski definition) is 3. The standard InChI is InChI=1S/C29H40N4O4/c34-28(23-8-6-9-23)32-26(29(35)36)16-19-33(20-21-37-25-12-2-1-3-13-25)18-5-4-11-24-15-14-22-10-7-17-30-27(22)31-24/h1-3,12-15,23,26H,4-11,16-21H2,(H,30,31)(H,32,34)(H,35,36). The molecule has 3 N–H and O–H groups in total. The topological polar surface area (TPSA) is 104 Å². The molecule has 1 unspecified atom stereocenters. The summed E-state index contributed by atoms with van der Waals surface area (Å²) in [5.41, 5.74) is 2.41. The number of carbonyl (C=O) groups excluding carboxylic acids is 1. The van der Waals surface area contributed by atoms with Gasteiger partial charge in [-0.3, -0.25) is 9.69 Å². The van der Waals surface area contributed by atoms with Crippen LogP contribution in [0.1, 0.15) is 56.2 Å². The van der Waals surface area contributed by atoms with Crippen LogP contribution in [0.3, 0.4) is 0 Å². The van der Waals surface area contributed by atoms with Crippen LogP contribution in [0.25, 0.3) is 0 Å². The SMILES string of the molecule is O=C(NC(CCN(CCCCc1ccc2c(n1)NCCC2)CCOc1ccccc1)C(=O)O)C1CCC1. The Balaban J connectivity index is 1.26. The monoisotopic (exact) mass is 508 g/mol. The molecule has 8 nitrogen and oxygen atoms in total. The second kappa shape index (κ2) is 14.0. The zero-order valence-corrected chi connectivity index (χ0v) is 21.7. The maximum Gasteiger partial charge on any atom is 0.326 e. The molecule has 1 aliphatic carbocycles. The van der Waals surface area contributed by atoms with E-state index < -0.39 is 12.0 Å². The number of nitrogens with zero attached hydrogens (tertiary/aromatic N) is 2. The van der Waals surface area contributed by atoms with Gasteiger partial charge in [0, 0.05) is 31.2 Å². The van der Waals surface area contributed by atoms with Gasteiger partial charge in [-0.1, -0.05) is 30.7 Å². The fourth-order valence-corrected chi connectivity index (χ4v) is 4.82. The highest BCUT2D eigenvalue weighted by Gasteiger charge is 2.29. The Morgan fingerprint density at radius 2 is 1.92 bits per heavy atom. The smallest absolute Gasteiger partial charge is 0.326 e. The summed E-state index contributed by atoms with van der Waals surface area (Å²) in [4.78, 5) is 31.2. The average molecular weight is 509 g/mol. The highest BCUT2D eigenvalue weighted by Crippen LogP contribution is 2.26. The molecule has 0 saturated heterocycles. The molecule has 0 radical (unpaired) electrons. The number of hydrogen-bond acceptors (Lipinski definition) is 6. The number of carboxylic acid groups (broad SMARTS) is 1. The molecule has 4 rings (SSSR count). The van der Waals surface area contributed by atoms with Gasteiger partial charge in [0.15, 0.2) is 0 Å². The lowest BCUT2D eigenvalue weighted by atomic mass is 9.84. The van der Waals surface area contributed by atoms with Crippen molar-refractivity contribution in [3.8, 4) is 5.75 Å². The van der Waals surface area contributed by atoms with Crippen LogP contribution in [0.5, 0.6) is 5.75 Å². The number of fused-ring (bicyclic) bond motifs is 1. The van der Waals surface area contributed by atoms with Crippen LogP contribution < -0.4 is 15.4 Å². The van der Waals surface area contributed by atoms with Gasteiger partial charge in [0.05, 0.1) is 0 Å². The van der Waals surface area contributed by atoms with Crippen LogP contribution in [0.15, 0.2) is 42.5 Å². The van der Waals surface area contributed by atoms with E-state index in [9.17, 15) is 14.7 Å². The minimum Gasteiger partial charge on any atom is -0.492 e. The molecular formula is C29H40N4O4. The van der Waals surface area contributed by atoms with Crippen molar-refractivity contribution in [2.75, 3.05) is 38.1 Å². The number of pyridine rings is 1. The number of ether oxygens (including phenoxy) is 1. The van der Waals surface area contributed by atoms with Gasteiger partial charge >= 0.3 is 5.97 Å². The molecule has 8 heteroatoms. The fourth-order valence-electron chi connectivity index (χ4n) is 4.82. The number of nitrogens with one attached hydrogen (secondary N) is 2. The Labute approximate surface area is 219 Å². The molecule has 200 valence electrons. The summed E-state index contributed by atoms with van der Waals surface area (Å²) in [6.07, 6.45) is 8.27. The molecule has 1 aromatic carbocycles. The van der Waals surface area contributed by atoms with Crippen LogP contribution >= 0.6 is 0 Å². The first kappa shape index (κ1) is 26.9. The van der Waals surface area contributed by atoms with E-state index in [1.165, 1.54) is 5.56 Å². The van der Waals surface area contributed by atoms with Crippen molar-refractivity contribution < 1.29 is 19.4 Å². The first-order valence-electron chi connectivity index (χ1n) is 13.7. The number of benzene rings is 1. The molecule has 2 aliphatic rings.